The lowest BCUT2D eigenvalue weighted by Crippen LogP contribution is -2.25. The maximum atomic E-state index is 10.2. The normalized spacial score (nSPS) is 38.1. The molecule has 3 atom stereocenters. The van der Waals surface area contributed by atoms with Crippen LogP contribution in [0.3, 0.4) is 0 Å². The molecule has 0 aliphatic heterocycles. The van der Waals surface area contributed by atoms with E-state index in [1.54, 1.807) is 6.92 Å². The van der Waals surface area contributed by atoms with Crippen molar-refractivity contribution in [3.05, 3.63) is 24.3 Å². The molecule has 2 N–H and O–H groups in total. The van der Waals surface area contributed by atoms with Crippen LogP contribution in [0, 0.1) is 11.8 Å². The summed E-state index contributed by atoms with van der Waals surface area (Å²) in [7, 11) is 0. The highest BCUT2D eigenvalue weighted by Gasteiger charge is 2.23. The largest absolute Gasteiger partial charge is 0.389 e. The van der Waals surface area contributed by atoms with Crippen LogP contribution in [0.5, 0.6) is 0 Å². The summed E-state index contributed by atoms with van der Waals surface area (Å²) in [6.45, 7) is 10.1. The van der Waals surface area contributed by atoms with Crippen molar-refractivity contribution in [3.8, 4) is 0 Å². The Morgan fingerprint density at radius 2 is 2.06 bits per heavy atom. The van der Waals surface area contributed by atoms with Gasteiger partial charge in [0, 0.05) is 0 Å². The second-order valence-electron chi connectivity index (χ2n) is 5.88. The van der Waals surface area contributed by atoms with Gasteiger partial charge in [0.25, 0.3) is 0 Å². The minimum Gasteiger partial charge on any atom is -0.389 e. The summed E-state index contributed by atoms with van der Waals surface area (Å²) < 4.78 is 0. The van der Waals surface area contributed by atoms with Gasteiger partial charge < -0.3 is 10.2 Å². The van der Waals surface area contributed by atoms with Crippen LogP contribution in [-0.2, 0) is 0 Å². The number of aliphatic hydroxyl groups excluding tert-OH is 1. The standard InChI is InChI=1S/C15H26O2/c1-11(2)13-6-5-12(3)14(16)8-10-15(4,17)9-7-13/h7,9,11,13-14,16-17H,3,5-6,8,10H2,1-2,4H3/b9-7+/t13?,14-,15-/m0/s1. The summed E-state index contributed by atoms with van der Waals surface area (Å²) in [4.78, 5) is 0. The van der Waals surface area contributed by atoms with Crippen LogP contribution < -0.4 is 0 Å². The maximum absolute atomic E-state index is 10.2. The van der Waals surface area contributed by atoms with E-state index in [-0.39, 0.29) is 0 Å². The fraction of sp³-hybridized carbons (Fsp3) is 0.733. The highest BCUT2D eigenvalue weighted by Crippen LogP contribution is 2.27. The molecule has 0 radical (unpaired) electrons. The Balaban J connectivity index is 2.83. The van der Waals surface area contributed by atoms with E-state index in [9.17, 15) is 10.2 Å². The van der Waals surface area contributed by atoms with Gasteiger partial charge in [0.1, 0.15) is 0 Å². The number of rotatable bonds is 1. The summed E-state index contributed by atoms with van der Waals surface area (Å²) in [5.74, 6) is 0.995. The van der Waals surface area contributed by atoms with Crippen LogP contribution in [0.1, 0.15) is 46.5 Å². The Morgan fingerprint density at radius 3 is 2.65 bits per heavy atom. The molecule has 0 bridgehead atoms. The zero-order chi connectivity index (χ0) is 13.1. The van der Waals surface area contributed by atoms with Gasteiger partial charge >= 0.3 is 0 Å². The third kappa shape index (κ3) is 4.64. The Bertz CT molecular complexity index is 289. The van der Waals surface area contributed by atoms with Crippen molar-refractivity contribution < 1.29 is 10.2 Å². The van der Waals surface area contributed by atoms with E-state index in [1.807, 2.05) is 6.08 Å². The monoisotopic (exact) mass is 238 g/mol. The van der Waals surface area contributed by atoms with Crippen molar-refractivity contribution >= 4 is 0 Å². The average molecular weight is 238 g/mol. The predicted molar refractivity (Wildman–Crippen MR) is 71.7 cm³/mol. The molecule has 0 saturated carbocycles. The number of hydrogen-bond acceptors (Lipinski definition) is 2. The molecule has 0 aromatic rings. The van der Waals surface area contributed by atoms with E-state index < -0.39 is 11.7 Å². The molecule has 1 aliphatic rings. The summed E-state index contributed by atoms with van der Waals surface area (Å²) >= 11 is 0. The van der Waals surface area contributed by atoms with Gasteiger partial charge in [-0.15, -0.1) is 0 Å². The van der Waals surface area contributed by atoms with E-state index >= 15 is 0 Å². The maximum Gasteiger partial charge on any atom is 0.0800 e. The van der Waals surface area contributed by atoms with Gasteiger partial charge in [-0.25, -0.2) is 0 Å². The van der Waals surface area contributed by atoms with Crippen LogP contribution in [0.4, 0.5) is 0 Å². The van der Waals surface area contributed by atoms with Crippen molar-refractivity contribution in [1.82, 2.24) is 0 Å². The molecule has 0 saturated heterocycles. The Morgan fingerprint density at radius 1 is 1.41 bits per heavy atom. The van der Waals surface area contributed by atoms with Crippen molar-refractivity contribution in [2.75, 3.05) is 0 Å². The first kappa shape index (κ1) is 14.5. The SMILES string of the molecule is C=C1CCC(C(C)C)/C=C/[C@](C)(O)CC[C@@H]1O. The van der Waals surface area contributed by atoms with Gasteiger partial charge in [-0.2, -0.15) is 0 Å². The summed E-state index contributed by atoms with van der Waals surface area (Å²) in [6.07, 6.45) is 6.60. The zero-order valence-electron chi connectivity index (χ0n) is 11.3. The first-order valence-electron chi connectivity index (χ1n) is 6.59. The summed E-state index contributed by atoms with van der Waals surface area (Å²) in [5.41, 5.74) is 0.0906. The lowest BCUT2D eigenvalue weighted by Gasteiger charge is -2.26. The lowest BCUT2D eigenvalue weighted by molar-refractivity contribution is 0.0781. The van der Waals surface area contributed by atoms with Crippen LogP contribution in [0.15, 0.2) is 24.3 Å². The lowest BCUT2D eigenvalue weighted by atomic mass is 9.84. The van der Waals surface area contributed by atoms with Gasteiger partial charge in [-0.3, -0.25) is 0 Å². The van der Waals surface area contributed by atoms with E-state index in [2.05, 4.69) is 26.5 Å². The number of allylic oxidation sites excluding steroid dienone is 1. The van der Waals surface area contributed by atoms with E-state index in [1.165, 1.54) is 0 Å². The molecular weight excluding hydrogens is 212 g/mol. The van der Waals surface area contributed by atoms with Crippen molar-refractivity contribution in [2.24, 2.45) is 11.8 Å². The first-order valence-corrected chi connectivity index (χ1v) is 6.59. The fourth-order valence-electron chi connectivity index (χ4n) is 2.22. The highest BCUT2D eigenvalue weighted by atomic mass is 16.3. The molecule has 0 spiro atoms. The molecule has 1 rings (SSSR count). The summed E-state index contributed by atoms with van der Waals surface area (Å²) in [6, 6.07) is 0. The van der Waals surface area contributed by atoms with Gasteiger partial charge in [0.2, 0.25) is 0 Å². The van der Waals surface area contributed by atoms with Crippen molar-refractivity contribution in [1.29, 1.82) is 0 Å². The molecular formula is C15H26O2. The molecule has 0 fully saturated rings. The molecule has 0 amide bonds. The van der Waals surface area contributed by atoms with E-state index in [0.717, 1.165) is 18.4 Å². The molecule has 0 heterocycles. The highest BCUT2D eigenvalue weighted by molar-refractivity contribution is 5.08. The van der Waals surface area contributed by atoms with Crippen LogP contribution in [0.2, 0.25) is 0 Å². The Hall–Kier alpha value is -0.600. The Labute approximate surface area is 105 Å². The van der Waals surface area contributed by atoms with Gasteiger partial charge in [-0.1, -0.05) is 32.6 Å². The number of hydrogen-bond donors (Lipinski definition) is 2. The quantitative estimate of drug-likeness (QED) is 0.689. The molecule has 1 unspecified atom stereocenters. The fourth-order valence-corrected chi connectivity index (χ4v) is 2.22. The topological polar surface area (TPSA) is 40.5 Å². The van der Waals surface area contributed by atoms with Crippen LogP contribution >= 0.6 is 0 Å². The molecule has 0 aromatic heterocycles. The Kier molecular flexibility index (Phi) is 4.96. The smallest absolute Gasteiger partial charge is 0.0800 e. The zero-order valence-corrected chi connectivity index (χ0v) is 11.3. The first-order chi connectivity index (χ1) is 7.82. The molecule has 1 aliphatic carbocycles. The van der Waals surface area contributed by atoms with Gasteiger partial charge in [0.15, 0.2) is 0 Å². The van der Waals surface area contributed by atoms with E-state index in [4.69, 9.17) is 0 Å². The van der Waals surface area contributed by atoms with Crippen LogP contribution in [0.25, 0.3) is 0 Å². The minimum atomic E-state index is -0.814. The average Bonchev–Trinajstić information content (AvgIpc) is 2.24. The van der Waals surface area contributed by atoms with Gasteiger partial charge in [0.05, 0.1) is 11.7 Å². The van der Waals surface area contributed by atoms with Crippen molar-refractivity contribution in [3.63, 3.8) is 0 Å². The molecule has 2 heteroatoms. The summed E-state index contributed by atoms with van der Waals surface area (Å²) in [5, 5.41) is 20.1. The second-order valence-corrected chi connectivity index (χ2v) is 5.88. The predicted octanol–water partition coefficient (Wildman–Crippen LogP) is 3.06. The third-order valence-corrected chi connectivity index (χ3v) is 3.75. The number of aliphatic hydroxyl groups is 2. The molecule has 0 aromatic carbocycles. The van der Waals surface area contributed by atoms with Crippen LogP contribution in [-0.4, -0.2) is 21.9 Å². The minimum absolute atomic E-state index is 0.448. The van der Waals surface area contributed by atoms with E-state index in [0.29, 0.717) is 24.7 Å². The molecule has 17 heavy (non-hydrogen) atoms. The molecule has 98 valence electrons. The molecule has 2 nitrogen and oxygen atoms in total. The third-order valence-electron chi connectivity index (χ3n) is 3.75. The second kappa shape index (κ2) is 5.83. The van der Waals surface area contributed by atoms with Crippen molar-refractivity contribution in [2.45, 2.75) is 58.2 Å². The van der Waals surface area contributed by atoms with Gasteiger partial charge in [-0.05, 0) is 50.0 Å².